The normalized spacial score (nSPS) is 28.8. The number of carbonyl (C=O) groups is 1. The minimum atomic E-state index is -1.15. The lowest BCUT2D eigenvalue weighted by Crippen LogP contribution is -2.52. The number of hydrogen-bond acceptors (Lipinski definition) is 4. The van der Waals surface area contributed by atoms with Gasteiger partial charge in [-0.3, -0.25) is 4.79 Å². The summed E-state index contributed by atoms with van der Waals surface area (Å²) in [4.78, 5) is 12.0. The zero-order valence-corrected chi connectivity index (χ0v) is 9.39. The van der Waals surface area contributed by atoms with Crippen LogP contribution in [-0.2, 0) is 10.3 Å². The van der Waals surface area contributed by atoms with Crippen molar-refractivity contribution in [2.75, 3.05) is 0 Å². The average Bonchev–Trinajstić information content (AvgIpc) is 2.36. The molecule has 2 atom stereocenters. The highest BCUT2D eigenvalue weighted by Gasteiger charge is 2.42. The molecule has 2 unspecified atom stereocenters. The summed E-state index contributed by atoms with van der Waals surface area (Å²) in [6.07, 6.45) is 0.702. The Morgan fingerprint density at radius 1 is 1.53 bits per heavy atom. The second-order valence-corrected chi connectivity index (χ2v) is 4.44. The van der Waals surface area contributed by atoms with E-state index in [1.807, 2.05) is 6.07 Å². The van der Waals surface area contributed by atoms with Crippen LogP contribution in [0.15, 0.2) is 24.3 Å². The number of nitrogens with two attached hydrogens (primary N) is 1. The van der Waals surface area contributed by atoms with Crippen LogP contribution >= 0.6 is 0 Å². The van der Waals surface area contributed by atoms with Gasteiger partial charge < -0.3 is 10.8 Å². The molecule has 0 aliphatic heterocycles. The Labute approximate surface area is 99.7 Å². The van der Waals surface area contributed by atoms with Crippen LogP contribution in [0.3, 0.4) is 0 Å². The highest BCUT2D eigenvalue weighted by Crippen LogP contribution is 2.32. The monoisotopic (exact) mass is 230 g/mol. The molecule has 1 saturated carbocycles. The van der Waals surface area contributed by atoms with Gasteiger partial charge in [0.1, 0.15) is 11.6 Å². The summed E-state index contributed by atoms with van der Waals surface area (Å²) in [5, 5.41) is 18.4. The van der Waals surface area contributed by atoms with E-state index < -0.39 is 11.6 Å². The lowest BCUT2D eigenvalue weighted by molar-refractivity contribution is -0.136. The first kappa shape index (κ1) is 11.8. The van der Waals surface area contributed by atoms with E-state index in [4.69, 9.17) is 11.0 Å². The molecule has 2 rings (SSSR count). The molecule has 17 heavy (non-hydrogen) atoms. The summed E-state index contributed by atoms with van der Waals surface area (Å²) in [6.45, 7) is 0. The highest BCUT2D eigenvalue weighted by molar-refractivity contribution is 5.93. The second kappa shape index (κ2) is 4.28. The number of Topliss-reactive ketones (excluding diaryl/α,β-unsaturated/α-hetero) is 1. The van der Waals surface area contributed by atoms with Crippen molar-refractivity contribution in [1.29, 1.82) is 5.26 Å². The molecule has 1 aliphatic rings. The predicted octanol–water partition coefficient (Wildman–Crippen LogP) is 0.826. The van der Waals surface area contributed by atoms with Crippen LogP contribution in [0.5, 0.6) is 0 Å². The number of aliphatic hydroxyl groups excluding tert-OH is 1. The highest BCUT2D eigenvalue weighted by atomic mass is 16.3. The quantitative estimate of drug-likeness (QED) is 0.748. The van der Waals surface area contributed by atoms with Gasteiger partial charge in [0.05, 0.1) is 11.6 Å². The number of hydrogen-bond donors (Lipinski definition) is 2. The molecule has 0 saturated heterocycles. The maximum absolute atomic E-state index is 12.0. The predicted molar refractivity (Wildman–Crippen MR) is 61.9 cm³/mol. The van der Waals surface area contributed by atoms with Gasteiger partial charge >= 0.3 is 0 Å². The average molecular weight is 230 g/mol. The molecule has 1 aromatic rings. The van der Waals surface area contributed by atoms with Crippen LogP contribution in [0.4, 0.5) is 0 Å². The van der Waals surface area contributed by atoms with Gasteiger partial charge in [0.15, 0.2) is 5.78 Å². The maximum Gasteiger partial charge on any atom is 0.185 e. The third-order valence-corrected chi connectivity index (χ3v) is 3.30. The minimum absolute atomic E-state index is 0.348. The molecule has 0 bridgehead atoms. The van der Waals surface area contributed by atoms with E-state index in [1.54, 1.807) is 24.3 Å². The van der Waals surface area contributed by atoms with Crippen molar-refractivity contribution < 1.29 is 9.90 Å². The molecular formula is C13H14N2O2. The van der Waals surface area contributed by atoms with Crippen LogP contribution in [0.25, 0.3) is 0 Å². The van der Waals surface area contributed by atoms with E-state index in [-0.39, 0.29) is 5.78 Å². The summed E-state index contributed by atoms with van der Waals surface area (Å²) in [7, 11) is 0. The SMILES string of the molecule is N#Cc1cccc(C2(N)CCCC(O)C2=O)c1. The first-order valence-electron chi connectivity index (χ1n) is 5.60. The second-order valence-electron chi connectivity index (χ2n) is 4.44. The van der Waals surface area contributed by atoms with Crippen LogP contribution in [0.2, 0.25) is 0 Å². The molecule has 0 aromatic heterocycles. The lowest BCUT2D eigenvalue weighted by atomic mass is 9.75. The molecule has 0 heterocycles. The summed E-state index contributed by atoms with van der Waals surface area (Å²) in [6, 6.07) is 8.74. The molecule has 88 valence electrons. The van der Waals surface area contributed by atoms with Crippen LogP contribution < -0.4 is 5.73 Å². The van der Waals surface area contributed by atoms with E-state index in [1.165, 1.54) is 0 Å². The van der Waals surface area contributed by atoms with Gasteiger partial charge in [0.2, 0.25) is 0 Å². The Bertz CT molecular complexity index is 492. The molecule has 0 amide bonds. The van der Waals surface area contributed by atoms with Gasteiger partial charge in [-0.2, -0.15) is 5.26 Å². The topological polar surface area (TPSA) is 87.1 Å². The Balaban J connectivity index is 2.43. The zero-order valence-electron chi connectivity index (χ0n) is 9.39. The van der Waals surface area contributed by atoms with E-state index in [2.05, 4.69) is 0 Å². The molecule has 1 aromatic carbocycles. The summed E-state index contributed by atoms with van der Waals surface area (Å²) in [5.74, 6) is -0.348. The lowest BCUT2D eigenvalue weighted by Gasteiger charge is -2.34. The van der Waals surface area contributed by atoms with Crippen molar-refractivity contribution in [1.82, 2.24) is 0 Å². The van der Waals surface area contributed by atoms with Gasteiger partial charge in [0.25, 0.3) is 0 Å². The maximum atomic E-state index is 12.0. The fraction of sp³-hybridized carbons (Fsp3) is 0.385. The van der Waals surface area contributed by atoms with Gasteiger partial charge in [0, 0.05) is 0 Å². The van der Waals surface area contributed by atoms with Crippen molar-refractivity contribution in [3.05, 3.63) is 35.4 Å². The molecular weight excluding hydrogens is 216 g/mol. The largest absolute Gasteiger partial charge is 0.385 e. The molecule has 3 N–H and O–H groups in total. The third kappa shape index (κ3) is 1.95. The molecule has 1 aliphatic carbocycles. The van der Waals surface area contributed by atoms with Gasteiger partial charge in [-0.15, -0.1) is 0 Å². The van der Waals surface area contributed by atoms with Crippen LogP contribution in [0, 0.1) is 11.3 Å². The Kier molecular flexibility index (Phi) is 2.97. The van der Waals surface area contributed by atoms with Crippen LogP contribution in [0.1, 0.15) is 30.4 Å². The standard InChI is InChI=1S/C13H14N2O2/c14-8-9-3-1-4-10(7-9)13(15)6-2-5-11(16)12(13)17/h1,3-4,7,11,16H,2,5-6,15H2. The Morgan fingerprint density at radius 3 is 3.00 bits per heavy atom. The molecule has 0 spiro atoms. The molecule has 1 fully saturated rings. The Hall–Kier alpha value is -1.70. The number of aliphatic hydroxyl groups is 1. The molecule has 4 nitrogen and oxygen atoms in total. The first-order valence-corrected chi connectivity index (χ1v) is 5.60. The number of ketones is 1. The van der Waals surface area contributed by atoms with Crippen LogP contribution in [-0.4, -0.2) is 17.0 Å². The third-order valence-electron chi connectivity index (χ3n) is 3.30. The smallest absolute Gasteiger partial charge is 0.185 e. The fourth-order valence-corrected chi connectivity index (χ4v) is 2.28. The van der Waals surface area contributed by atoms with E-state index in [9.17, 15) is 9.90 Å². The number of nitriles is 1. The van der Waals surface area contributed by atoms with E-state index in [0.717, 1.165) is 0 Å². The molecule has 0 radical (unpaired) electrons. The van der Waals surface area contributed by atoms with Crippen molar-refractivity contribution in [2.45, 2.75) is 30.9 Å². The van der Waals surface area contributed by atoms with Gasteiger partial charge in [-0.05, 0) is 37.0 Å². The zero-order chi connectivity index (χ0) is 12.5. The van der Waals surface area contributed by atoms with Crippen molar-refractivity contribution in [2.24, 2.45) is 5.73 Å². The van der Waals surface area contributed by atoms with E-state index >= 15 is 0 Å². The number of nitrogens with zero attached hydrogens (tertiary/aromatic N) is 1. The number of carbonyl (C=O) groups excluding carboxylic acids is 1. The van der Waals surface area contributed by atoms with Crippen molar-refractivity contribution in [3.63, 3.8) is 0 Å². The number of benzene rings is 1. The minimum Gasteiger partial charge on any atom is -0.385 e. The summed E-state index contributed by atoms with van der Waals surface area (Å²) < 4.78 is 0. The van der Waals surface area contributed by atoms with Crippen molar-refractivity contribution >= 4 is 5.78 Å². The van der Waals surface area contributed by atoms with Gasteiger partial charge in [-0.25, -0.2) is 0 Å². The summed E-state index contributed by atoms with van der Waals surface area (Å²) >= 11 is 0. The van der Waals surface area contributed by atoms with Crippen molar-refractivity contribution in [3.8, 4) is 6.07 Å². The van der Waals surface area contributed by atoms with Gasteiger partial charge in [-0.1, -0.05) is 12.1 Å². The Morgan fingerprint density at radius 2 is 2.29 bits per heavy atom. The van der Waals surface area contributed by atoms with E-state index in [0.29, 0.717) is 30.4 Å². The summed E-state index contributed by atoms with van der Waals surface area (Å²) in [5.41, 5.74) is 6.05. The fourth-order valence-electron chi connectivity index (χ4n) is 2.28. The molecule has 4 heteroatoms. The first-order chi connectivity index (χ1) is 8.08. The number of rotatable bonds is 1.